The van der Waals surface area contributed by atoms with E-state index >= 15 is 0 Å². The SMILES string of the molecule is CC(C)c1ccccc1O[C@H](C)C(=O)NCCCc1ccc(F)cc1. The summed E-state index contributed by atoms with van der Waals surface area (Å²) in [4.78, 5) is 12.2. The van der Waals surface area contributed by atoms with E-state index in [2.05, 4.69) is 19.2 Å². The number of benzene rings is 2. The normalized spacial score (nSPS) is 12.0. The summed E-state index contributed by atoms with van der Waals surface area (Å²) in [6, 6.07) is 14.3. The molecule has 0 spiro atoms. The Bertz CT molecular complexity index is 683. The van der Waals surface area contributed by atoms with E-state index in [9.17, 15) is 9.18 Å². The molecule has 0 heterocycles. The van der Waals surface area contributed by atoms with Crippen LogP contribution in [0.1, 0.15) is 44.2 Å². The first-order valence-corrected chi connectivity index (χ1v) is 8.75. The number of aryl methyl sites for hydroxylation is 1. The maximum absolute atomic E-state index is 12.9. The van der Waals surface area contributed by atoms with Gasteiger partial charge >= 0.3 is 0 Å². The lowest BCUT2D eigenvalue weighted by Crippen LogP contribution is -2.37. The highest BCUT2D eigenvalue weighted by atomic mass is 19.1. The topological polar surface area (TPSA) is 38.3 Å². The van der Waals surface area contributed by atoms with Gasteiger partial charge in [0.2, 0.25) is 0 Å². The van der Waals surface area contributed by atoms with Crippen LogP contribution in [-0.2, 0) is 11.2 Å². The molecule has 2 aromatic carbocycles. The largest absolute Gasteiger partial charge is 0.481 e. The number of carbonyl (C=O) groups is 1. The van der Waals surface area contributed by atoms with E-state index in [1.165, 1.54) is 12.1 Å². The number of rotatable bonds is 8. The maximum Gasteiger partial charge on any atom is 0.260 e. The summed E-state index contributed by atoms with van der Waals surface area (Å²) in [5.41, 5.74) is 2.16. The minimum absolute atomic E-state index is 0.127. The third-order valence-electron chi connectivity index (χ3n) is 4.07. The lowest BCUT2D eigenvalue weighted by atomic mass is 10.0. The van der Waals surface area contributed by atoms with Crippen molar-refractivity contribution in [1.29, 1.82) is 0 Å². The fraction of sp³-hybridized carbons (Fsp3) is 0.381. The van der Waals surface area contributed by atoms with Gasteiger partial charge in [0.15, 0.2) is 6.10 Å². The molecule has 0 saturated carbocycles. The van der Waals surface area contributed by atoms with Crippen LogP contribution < -0.4 is 10.1 Å². The van der Waals surface area contributed by atoms with Gasteiger partial charge in [0.1, 0.15) is 11.6 Å². The molecular formula is C21H26FNO2. The number of ether oxygens (including phenoxy) is 1. The second-order valence-corrected chi connectivity index (χ2v) is 6.47. The van der Waals surface area contributed by atoms with E-state index in [4.69, 9.17) is 4.74 Å². The molecule has 0 radical (unpaired) electrons. The maximum atomic E-state index is 12.9. The molecule has 0 aromatic heterocycles. The Kier molecular flexibility index (Phi) is 6.99. The van der Waals surface area contributed by atoms with Crippen molar-refractivity contribution in [2.24, 2.45) is 0 Å². The number of nitrogens with one attached hydrogen (secondary N) is 1. The molecular weight excluding hydrogens is 317 g/mol. The summed E-state index contributed by atoms with van der Waals surface area (Å²) in [7, 11) is 0. The quantitative estimate of drug-likeness (QED) is 0.719. The molecule has 134 valence electrons. The molecule has 1 N–H and O–H groups in total. The number of halogens is 1. The van der Waals surface area contributed by atoms with E-state index in [1.54, 1.807) is 19.1 Å². The van der Waals surface area contributed by atoms with Gasteiger partial charge in [-0.05, 0) is 55.0 Å². The molecule has 0 fully saturated rings. The minimum Gasteiger partial charge on any atom is -0.481 e. The van der Waals surface area contributed by atoms with Crippen LogP contribution in [0.3, 0.4) is 0 Å². The monoisotopic (exact) mass is 343 g/mol. The predicted octanol–water partition coefficient (Wildman–Crippen LogP) is 4.47. The molecule has 0 bridgehead atoms. The summed E-state index contributed by atoms with van der Waals surface area (Å²) < 4.78 is 18.7. The second kappa shape index (κ2) is 9.21. The van der Waals surface area contributed by atoms with Crippen molar-refractivity contribution in [2.45, 2.75) is 45.6 Å². The van der Waals surface area contributed by atoms with Gasteiger partial charge in [0.05, 0.1) is 0 Å². The van der Waals surface area contributed by atoms with Gasteiger partial charge in [-0.15, -0.1) is 0 Å². The molecule has 4 heteroatoms. The van der Waals surface area contributed by atoms with Crippen molar-refractivity contribution >= 4 is 5.91 Å². The molecule has 25 heavy (non-hydrogen) atoms. The van der Waals surface area contributed by atoms with Crippen LogP contribution in [0.5, 0.6) is 5.75 Å². The van der Waals surface area contributed by atoms with Gasteiger partial charge in [-0.3, -0.25) is 4.79 Å². The molecule has 0 saturated heterocycles. The van der Waals surface area contributed by atoms with Crippen LogP contribution in [0.15, 0.2) is 48.5 Å². The van der Waals surface area contributed by atoms with Crippen molar-refractivity contribution in [3.63, 3.8) is 0 Å². The van der Waals surface area contributed by atoms with E-state index in [0.29, 0.717) is 12.5 Å². The van der Waals surface area contributed by atoms with Crippen LogP contribution in [-0.4, -0.2) is 18.6 Å². The number of carbonyl (C=O) groups excluding carboxylic acids is 1. The lowest BCUT2D eigenvalue weighted by Gasteiger charge is -2.18. The summed E-state index contributed by atoms with van der Waals surface area (Å²) in [5.74, 6) is 0.732. The first-order chi connectivity index (χ1) is 12.0. The Hall–Kier alpha value is -2.36. The van der Waals surface area contributed by atoms with E-state index in [0.717, 1.165) is 29.7 Å². The minimum atomic E-state index is -0.550. The van der Waals surface area contributed by atoms with Crippen molar-refractivity contribution in [3.8, 4) is 5.75 Å². The summed E-state index contributed by atoms with van der Waals surface area (Å²) in [6.07, 6.45) is 1.05. The summed E-state index contributed by atoms with van der Waals surface area (Å²) >= 11 is 0. The highest BCUT2D eigenvalue weighted by molar-refractivity contribution is 5.80. The molecule has 3 nitrogen and oxygen atoms in total. The fourth-order valence-corrected chi connectivity index (χ4v) is 2.61. The molecule has 1 amide bonds. The van der Waals surface area contributed by atoms with Gasteiger partial charge in [-0.25, -0.2) is 4.39 Å². The van der Waals surface area contributed by atoms with Crippen molar-refractivity contribution in [3.05, 3.63) is 65.5 Å². The van der Waals surface area contributed by atoms with Gasteiger partial charge in [0, 0.05) is 6.54 Å². The Labute approximate surface area is 149 Å². The molecule has 1 atom stereocenters. The zero-order valence-corrected chi connectivity index (χ0v) is 15.1. The predicted molar refractivity (Wildman–Crippen MR) is 98.4 cm³/mol. The number of amides is 1. The van der Waals surface area contributed by atoms with Crippen LogP contribution in [0.2, 0.25) is 0 Å². The molecule has 0 unspecified atom stereocenters. The van der Waals surface area contributed by atoms with Gasteiger partial charge in [-0.1, -0.05) is 44.2 Å². The Morgan fingerprint density at radius 3 is 2.44 bits per heavy atom. The third-order valence-corrected chi connectivity index (χ3v) is 4.07. The highest BCUT2D eigenvalue weighted by Gasteiger charge is 2.16. The molecule has 2 aromatic rings. The Balaban J connectivity index is 1.78. The van der Waals surface area contributed by atoms with Crippen LogP contribution >= 0.6 is 0 Å². The highest BCUT2D eigenvalue weighted by Crippen LogP contribution is 2.26. The number of para-hydroxylation sites is 1. The first kappa shape index (κ1) is 19.0. The van der Waals surface area contributed by atoms with E-state index in [1.807, 2.05) is 24.3 Å². The summed E-state index contributed by atoms with van der Waals surface area (Å²) in [5, 5.41) is 2.89. The molecule has 0 aliphatic rings. The molecule has 2 rings (SSSR count). The van der Waals surface area contributed by atoms with Gasteiger partial charge in [-0.2, -0.15) is 0 Å². The Morgan fingerprint density at radius 1 is 1.08 bits per heavy atom. The summed E-state index contributed by atoms with van der Waals surface area (Å²) in [6.45, 7) is 6.52. The van der Waals surface area contributed by atoms with Gasteiger partial charge < -0.3 is 10.1 Å². The van der Waals surface area contributed by atoms with Crippen molar-refractivity contribution < 1.29 is 13.9 Å². The average molecular weight is 343 g/mol. The smallest absolute Gasteiger partial charge is 0.260 e. The van der Waals surface area contributed by atoms with Gasteiger partial charge in [0.25, 0.3) is 5.91 Å². The average Bonchev–Trinajstić information content (AvgIpc) is 2.60. The van der Waals surface area contributed by atoms with E-state index < -0.39 is 6.10 Å². The first-order valence-electron chi connectivity index (χ1n) is 8.75. The molecule has 0 aliphatic heterocycles. The van der Waals surface area contributed by atoms with Crippen LogP contribution in [0.25, 0.3) is 0 Å². The van der Waals surface area contributed by atoms with Crippen LogP contribution in [0, 0.1) is 5.82 Å². The molecule has 0 aliphatic carbocycles. The number of hydrogen-bond acceptors (Lipinski definition) is 2. The van der Waals surface area contributed by atoms with Crippen molar-refractivity contribution in [1.82, 2.24) is 5.32 Å². The fourth-order valence-electron chi connectivity index (χ4n) is 2.61. The van der Waals surface area contributed by atoms with E-state index in [-0.39, 0.29) is 11.7 Å². The lowest BCUT2D eigenvalue weighted by molar-refractivity contribution is -0.127. The zero-order valence-electron chi connectivity index (χ0n) is 15.1. The second-order valence-electron chi connectivity index (χ2n) is 6.47. The van der Waals surface area contributed by atoms with Crippen molar-refractivity contribution in [2.75, 3.05) is 6.54 Å². The zero-order chi connectivity index (χ0) is 18.2. The van der Waals surface area contributed by atoms with Crippen LogP contribution in [0.4, 0.5) is 4.39 Å². The standard InChI is InChI=1S/C21H26FNO2/c1-15(2)19-8-4-5-9-20(19)25-16(3)21(24)23-14-6-7-17-10-12-18(22)13-11-17/h4-5,8-13,15-16H,6-7,14H2,1-3H3,(H,23,24)/t16-/m1/s1. The number of hydrogen-bond donors (Lipinski definition) is 1. The third kappa shape index (κ3) is 5.89. The Morgan fingerprint density at radius 2 is 1.76 bits per heavy atom.